The van der Waals surface area contributed by atoms with Crippen LogP contribution in [-0.2, 0) is 0 Å². The number of rotatable bonds is 4. The molecule has 0 aliphatic rings. The second-order valence-corrected chi connectivity index (χ2v) is 6.31. The van der Waals surface area contributed by atoms with Gasteiger partial charge in [-0.05, 0) is 36.2 Å². The number of thioether (sulfide) groups is 1. The number of fused-ring (bicyclic) bond motifs is 1. The van der Waals surface area contributed by atoms with Gasteiger partial charge < -0.3 is 10.1 Å². The number of hydrogen-bond acceptors (Lipinski definition) is 3. The van der Waals surface area contributed by atoms with Gasteiger partial charge in [0, 0.05) is 10.8 Å². The Kier molecular flexibility index (Phi) is 4.19. The van der Waals surface area contributed by atoms with Crippen molar-refractivity contribution in [2.24, 2.45) is 0 Å². The molecule has 0 saturated carbocycles. The number of H-pyrrole nitrogens is 1. The van der Waals surface area contributed by atoms with Crippen molar-refractivity contribution >= 4 is 34.4 Å². The van der Waals surface area contributed by atoms with Gasteiger partial charge in [0.15, 0.2) is 5.16 Å². The maximum atomic E-state index is 10.3. The highest BCUT2D eigenvalue weighted by molar-refractivity contribution is 7.99. The van der Waals surface area contributed by atoms with Gasteiger partial charge in [0.2, 0.25) is 0 Å². The van der Waals surface area contributed by atoms with Crippen molar-refractivity contribution in [3.63, 3.8) is 0 Å². The summed E-state index contributed by atoms with van der Waals surface area (Å²) in [6.07, 6.45) is -0.542. The molecule has 1 atom stereocenters. The molecule has 0 amide bonds. The van der Waals surface area contributed by atoms with Gasteiger partial charge in [-0.3, -0.25) is 0 Å². The number of halogens is 1. The van der Waals surface area contributed by atoms with Crippen molar-refractivity contribution in [1.29, 1.82) is 0 Å². The Hall–Kier alpha value is -1.49. The van der Waals surface area contributed by atoms with E-state index in [1.165, 1.54) is 11.8 Å². The molecule has 1 aromatic heterocycles. The Morgan fingerprint density at radius 1 is 1.29 bits per heavy atom. The summed E-state index contributed by atoms with van der Waals surface area (Å²) in [5.41, 5.74) is 3.80. The zero-order valence-electron chi connectivity index (χ0n) is 11.5. The van der Waals surface area contributed by atoms with E-state index in [4.69, 9.17) is 11.6 Å². The highest BCUT2D eigenvalue weighted by atomic mass is 35.5. The predicted octanol–water partition coefficient (Wildman–Crippen LogP) is 4.35. The first-order chi connectivity index (χ1) is 10.1. The van der Waals surface area contributed by atoms with Gasteiger partial charge in [-0.2, -0.15) is 0 Å². The number of aliphatic hydroxyl groups is 1. The van der Waals surface area contributed by atoms with Crippen LogP contribution in [0.25, 0.3) is 11.0 Å². The van der Waals surface area contributed by atoms with Crippen LogP contribution >= 0.6 is 23.4 Å². The lowest BCUT2D eigenvalue weighted by Crippen LogP contribution is -2.01. The summed E-state index contributed by atoms with van der Waals surface area (Å²) in [7, 11) is 0. The number of nitrogens with zero attached hydrogens (tertiary/aromatic N) is 1. The predicted molar refractivity (Wildman–Crippen MR) is 88.0 cm³/mol. The molecule has 2 N–H and O–H groups in total. The van der Waals surface area contributed by atoms with Crippen molar-refractivity contribution < 1.29 is 5.11 Å². The number of benzene rings is 2. The maximum Gasteiger partial charge on any atom is 0.166 e. The van der Waals surface area contributed by atoms with Crippen molar-refractivity contribution in [3.05, 3.63) is 58.6 Å². The highest BCUT2D eigenvalue weighted by Gasteiger charge is 2.11. The molecule has 21 heavy (non-hydrogen) atoms. The SMILES string of the molecule is Cc1cc(C(O)CSc2nc3ccccc3[nH]2)ccc1Cl. The third-order valence-electron chi connectivity index (χ3n) is 3.31. The third-order valence-corrected chi connectivity index (χ3v) is 4.69. The first kappa shape index (κ1) is 14.4. The van der Waals surface area contributed by atoms with Crippen molar-refractivity contribution in [1.82, 2.24) is 9.97 Å². The molecule has 3 nitrogen and oxygen atoms in total. The van der Waals surface area contributed by atoms with E-state index >= 15 is 0 Å². The number of imidazole rings is 1. The largest absolute Gasteiger partial charge is 0.388 e. The van der Waals surface area contributed by atoms with Gasteiger partial charge in [0.25, 0.3) is 0 Å². The van der Waals surface area contributed by atoms with E-state index in [0.717, 1.165) is 32.3 Å². The van der Waals surface area contributed by atoms with Crippen LogP contribution < -0.4 is 0 Å². The smallest absolute Gasteiger partial charge is 0.166 e. The normalized spacial score (nSPS) is 12.7. The Morgan fingerprint density at radius 2 is 2.10 bits per heavy atom. The lowest BCUT2D eigenvalue weighted by atomic mass is 10.1. The molecule has 5 heteroatoms. The highest BCUT2D eigenvalue weighted by Crippen LogP contribution is 2.26. The number of aryl methyl sites for hydroxylation is 1. The Labute approximate surface area is 132 Å². The number of nitrogens with one attached hydrogen (secondary N) is 1. The molecule has 3 rings (SSSR count). The lowest BCUT2D eigenvalue weighted by Gasteiger charge is -2.11. The van der Waals surface area contributed by atoms with Gasteiger partial charge in [-0.1, -0.05) is 47.6 Å². The van der Waals surface area contributed by atoms with E-state index in [-0.39, 0.29) is 0 Å². The minimum atomic E-state index is -0.542. The van der Waals surface area contributed by atoms with Crippen molar-refractivity contribution in [2.75, 3.05) is 5.75 Å². The first-order valence-corrected chi connectivity index (χ1v) is 8.01. The van der Waals surface area contributed by atoms with Gasteiger partial charge in [0.05, 0.1) is 17.1 Å². The summed E-state index contributed by atoms with van der Waals surface area (Å²) >= 11 is 7.51. The molecule has 0 fully saturated rings. The van der Waals surface area contributed by atoms with Crippen LogP contribution in [-0.4, -0.2) is 20.8 Å². The maximum absolute atomic E-state index is 10.3. The molecule has 0 saturated heterocycles. The third kappa shape index (κ3) is 3.23. The van der Waals surface area contributed by atoms with Gasteiger partial charge >= 0.3 is 0 Å². The van der Waals surface area contributed by atoms with Crippen LogP contribution in [0.2, 0.25) is 5.02 Å². The summed E-state index contributed by atoms with van der Waals surface area (Å²) in [5.74, 6) is 0.543. The molecular formula is C16H15ClN2OS. The number of aromatic nitrogens is 2. The average Bonchev–Trinajstić information content (AvgIpc) is 2.90. The molecule has 0 radical (unpaired) electrons. The number of para-hydroxylation sites is 2. The number of aromatic amines is 1. The van der Waals surface area contributed by atoms with Gasteiger partial charge in [-0.15, -0.1) is 0 Å². The van der Waals surface area contributed by atoms with Crippen molar-refractivity contribution in [2.45, 2.75) is 18.2 Å². The fourth-order valence-electron chi connectivity index (χ4n) is 2.13. The molecule has 0 aliphatic carbocycles. The monoisotopic (exact) mass is 318 g/mol. The second-order valence-electron chi connectivity index (χ2n) is 4.89. The molecule has 2 aromatic carbocycles. The molecule has 0 aliphatic heterocycles. The van der Waals surface area contributed by atoms with E-state index in [0.29, 0.717) is 5.75 Å². The van der Waals surface area contributed by atoms with Crippen LogP contribution in [0.3, 0.4) is 0 Å². The van der Waals surface area contributed by atoms with Crippen LogP contribution in [0.1, 0.15) is 17.2 Å². The molecule has 1 heterocycles. The summed E-state index contributed by atoms with van der Waals surface area (Å²) in [4.78, 5) is 7.73. The summed E-state index contributed by atoms with van der Waals surface area (Å²) in [6.45, 7) is 1.94. The zero-order chi connectivity index (χ0) is 14.8. The standard InChI is InChI=1S/C16H15ClN2OS/c1-10-8-11(6-7-12(10)17)15(20)9-21-16-18-13-4-2-3-5-14(13)19-16/h2-8,15,20H,9H2,1H3,(H,18,19). The minimum Gasteiger partial charge on any atom is -0.388 e. The Balaban J connectivity index is 1.70. The zero-order valence-corrected chi connectivity index (χ0v) is 13.1. The molecule has 3 aromatic rings. The topological polar surface area (TPSA) is 48.9 Å². The van der Waals surface area contributed by atoms with Gasteiger partial charge in [-0.25, -0.2) is 4.98 Å². The van der Waals surface area contributed by atoms with Crippen LogP contribution in [0.5, 0.6) is 0 Å². The van der Waals surface area contributed by atoms with Gasteiger partial charge in [0.1, 0.15) is 0 Å². The van der Waals surface area contributed by atoms with E-state index in [9.17, 15) is 5.11 Å². The van der Waals surface area contributed by atoms with E-state index in [1.807, 2.05) is 49.4 Å². The molecule has 0 bridgehead atoms. The fraction of sp³-hybridized carbons (Fsp3) is 0.188. The lowest BCUT2D eigenvalue weighted by molar-refractivity contribution is 0.204. The second kappa shape index (κ2) is 6.10. The molecular weight excluding hydrogens is 304 g/mol. The minimum absolute atomic E-state index is 0.542. The van der Waals surface area contributed by atoms with E-state index in [2.05, 4.69) is 9.97 Å². The average molecular weight is 319 g/mol. The van der Waals surface area contributed by atoms with E-state index < -0.39 is 6.10 Å². The van der Waals surface area contributed by atoms with E-state index in [1.54, 1.807) is 0 Å². The summed E-state index contributed by atoms with van der Waals surface area (Å²) < 4.78 is 0. The van der Waals surface area contributed by atoms with Crippen LogP contribution in [0.4, 0.5) is 0 Å². The number of aliphatic hydroxyl groups excluding tert-OH is 1. The van der Waals surface area contributed by atoms with Crippen LogP contribution in [0.15, 0.2) is 47.6 Å². The van der Waals surface area contributed by atoms with Crippen LogP contribution in [0, 0.1) is 6.92 Å². The Bertz CT molecular complexity index is 739. The molecule has 1 unspecified atom stereocenters. The molecule has 108 valence electrons. The van der Waals surface area contributed by atoms with Crippen molar-refractivity contribution in [3.8, 4) is 0 Å². The fourth-order valence-corrected chi connectivity index (χ4v) is 3.10. The first-order valence-electron chi connectivity index (χ1n) is 6.65. The summed E-state index contributed by atoms with van der Waals surface area (Å²) in [6, 6.07) is 13.5. The number of hydrogen-bond donors (Lipinski definition) is 2. The Morgan fingerprint density at radius 3 is 2.86 bits per heavy atom. The summed E-state index contributed by atoms with van der Waals surface area (Å²) in [5, 5.41) is 11.8. The quantitative estimate of drug-likeness (QED) is 0.703. The molecule has 0 spiro atoms.